The van der Waals surface area contributed by atoms with Gasteiger partial charge in [-0.2, -0.15) is 0 Å². The number of nitro benzene ring substituents is 1. The highest BCUT2D eigenvalue weighted by molar-refractivity contribution is 9.10. The molecular formula is C12H16BrN3O4. The number of aryl methyl sites for hydroxylation is 1. The Labute approximate surface area is 125 Å². The van der Waals surface area contributed by atoms with Crippen LogP contribution in [0.1, 0.15) is 12.5 Å². The Hall–Kier alpha value is -1.67. The Morgan fingerprint density at radius 3 is 2.75 bits per heavy atom. The van der Waals surface area contributed by atoms with E-state index in [9.17, 15) is 14.9 Å². The molecule has 0 aliphatic heterocycles. The van der Waals surface area contributed by atoms with E-state index in [2.05, 4.69) is 26.6 Å². The minimum absolute atomic E-state index is 0.0477. The minimum atomic E-state index is -0.488. The summed E-state index contributed by atoms with van der Waals surface area (Å²) in [6.07, 6.45) is 0. The number of nitrogens with zero attached hydrogens (tertiary/aromatic N) is 1. The number of benzene rings is 1. The van der Waals surface area contributed by atoms with E-state index in [1.807, 2.05) is 0 Å². The summed E-state index contributed by atoms with van der Waals surface area (Å²) in [7, 11) is 1.54. The van der Waals surface area contributed by atoms with Crippen molar-refractivity contribution in [3.63, 3.8) is 0 Å². The van der Waals surface area contributed by atoms with Crippen LogP contribution in [0.15, 0.2) is 16.6 Å². The van der Waals surface area contributed by atoms with Crippen LogP contribution < -0.4 is 10.6 Å². The lowest BCUT2D eigenvalue weighted by Gasteiger charge is -2.14. The Bertz CT molecular complexity index is 522. The van der Waals surface area contributed by atoms with Gasteiger partial charge in [0.15, 0.2) is 0 Å². The molecule has 0 aliphatic rings. The van der Waals surface area contributed by atoms with Gasteiger partial charge in [0.05, 0.1) is 23.3 Å². The highest BCUT2D eigenvalue weighted by Crippen LogP contribution is 2.30. The molecule has 0 aliphatic carbocycles. The molecule has 0 saturated heterocycles. The Balaban J connectivity index is 2.84. The number of halogens is 1. The number of anilines is 1. The van der Waals surface area contributed by atoms with Crippen LogP contribution in [-0.2, 0) is 4.74 Å². The zero-order valence-corrected chi connectivity index (χ0v) is 13.0. The number of methoxy groups -OCH3 is 1. The van der Waals surface area contributed by atoms with Crippen molar-refractivity contribution in [3.05, 3.63) is 32.3 Å². The van der Waals surface area contributed by atoms with E-state index in [0.29, 0.717) is 22.3 Å². The smallest absolute Gasteiger partial charge is 0.319 e. The predicted molar refractivity (Wildman–Crippen MR) is 79.0 cm³/mol. The minimum Gasteiger partial charge on any atom is -0.383 e. The number of carbonyl (C=O) groups excluding carboxylic acids is 1. The van der Waals surface area contributed by atoms with E-state index in [4.69, 9.17) is 4.74 Å². The molecule has 2 amide bonds. The molecule has 0 aromatic heterocycles. The van der Waals surface area contributed by atoms with Crippen LogP contribution in [0.25, 0.3) is 0 Å². The van der Waals surface area contributed by atoms with E-state index >= 15 is 0 Å². The first kappa shape index (κ1) is 16.4. The number of nitrogens with one attached hydrogen (secondary N) is 2. The van der Waals surface area contributed by atoms with Gasteiger partial charge in [0.2, 0.25) is 0 Å². The number of carbonyl (C=O) groups is 1. The number of rotatable bonds is 5. The van der Waals surface area contributed by atoms with Crippen LogP contribution in [-0.4, -0.2) is 30.7 Å². The highest BCUT2D eigenvalue weighted by Gasteiger charge is 2.16. The highest BCUT2D eigenvalue weighted by atomic mass is 79.9. The molecule has 0 fully saturated rings. The monoisotopic (exact) mass is 345 g/mol. The maximum atomic E-state index is 11.7. The van der Waals surface area contributed by atoms with Crippen LogP contribution in [0.2, 0.25) is 0 Å². The predicted octanol–water partition coefficient (Wildman–Crippen LogP) is 2.82. The third-order valence-electron chi connectivity index (χ3n) is 2.52. The SMILES string of the molecule is COC[C@H](C)NC(=O)Nc1cc([N+](=O)[O-])c(C)cc1Br. The van der Waals surface area contributed by atoms with Crippen molar-refractivity contribution >= 4 is 33.3 Å². The molecule has 8 heteroatoms. The summed E-state index contributed by atoms with van der Waals surface area (Å²) in [5.41, 5.74) is 0.804. The summed E-state index contributed by atoms with van der Waals surface area (Å²) < 4.78 is 5.48. The van der Waals surface area contributed by atoms with Crippen LogP contribution in [0.3, 0.4) is 0 Å². The van der Waals surface area contributed by atoms with Gasteiger partial charge in [-0.1, -0.05) is 0 Å². The summed E-state index contributed by atoms with van der Waals surface area (Å²) in [4.78, 5) is 22.1. The number of hydrogen-bond donors (Lipinski definition) is 2. The van der Waals surface area contributed by atoms with E-state index in [1.54, 1.807) is 19.9 Å². The first-order valence-electron chi connectivity index (χ1n) is 5.86. The molecule has 0 radical (unpaired) electrons. The Morgan fingerprint density at radius 2 is 2.20 bits per heavy atom. The van der Waals surface area contributed by atoms with Gasteiger partial charge in [-0.05, 0) is 35.8 Å². The topological polar surface area (TPSA) is 93.5 Å². The number of hydrogen-bond acceptors (Lipinski definition) is 4. The van der Waals surface area contributed by atoms with Crippen molar-refractivity contribution in [1.82, 2.24) is 5.32 Å². The maximum Gasteiger partial charge on any atom is 0.319 e. The molecule has 1 aromatic rings. The molecule has 110 valence electrons. The van der Waals surface area contributed by atoms with Crippen molar-refractivity contribution < 1.29 is 14.5 Å². The lowest BCUT2D eigenvalue weighted by molar-refractivity contribution is -0.385. The Morgan fingerprint density at radius 1 is 1.55 bits per heavy atom. The zero-order chi connectivity index (χ0) is 15.3. The quantitative estimate of drug-likeness (QED) is 0.633. The number of ether oxygens (including phenoxy) is 1. The fraction of sp³-hybridized carbons (Fsp3) is 0.417. The van der Waals surface area contributed by atoms with Gasteiger partial charge < -0.3 is 15.4 Å². The van der Waals surface area contributed by atoms with E-state index in [-0.39, 0.29) is 11.7 Å². The first-order valence-corrected chi connectivity index (χ1v) is 6.65. The number of amides is 2. The molecule has 0 bridgehead atoms. The average molecular weight is 346 g/mol. The average Bonchev–Trinajstić information content (AvgIpc) is 2.32. The second kappa shape index (κ2) is 7.20. The summed E-state index contributed by atoms with van der Waals surface area (Å²) in [5.74, 6) is 0. The number of nitro groups is 1. The third kappa shape index (κ3) is 4.46. The molecule has 1 aromatic carbocycles. The van der Waals surface area contributed by atoms with Crippen LogP contribution in [0, 0.1) is 17.0 Å². The molecule has 20 heavy (non-hydrogen) atoms. The van der Waals surface area contributed by atoms with Gasteiger partial charge in [-0.25, -0.2) is 4.79 Å². The molecule has 2 N–H and O–H groups in total. The van der Waals surface area contributed by atoms with Gasteiger partial charge in [0.25, 0.3) is 5.69 Å². The molecule has 7 nitrogen and oxygen atoms in total. The van der Waals surface area contributed by atoms with Gasteiger partial charge >= 0.3 is 6.03 Å². The summed E-state index contributed by atoms with van der Waals surface area (Å²) in [5, 5.41) is 16.1. The van der Waals surface area contributed by atoms with E-state index in [1.165, 1.54) is 13.2 Å². The molecule has 0 spiro atoms. The summed E-state index contributed by atoms with van der Waals surface area (Å²) in [6, 6.07) is 2.29. The fourth-order valence-electron chi connectivity index (χ4n) is 1.63. The summed E-state index contributed by atoms with van der Waals surface area (Å²) >= 11 is 3.27. The molecule has 1 rings (SSSR count). The fourth-order valence-corrected chi connectivity index (χ4v) is 2.18. The largest absolute Gasteiger partial charge is 0.383 e. The van der Waals surface area contributed by atoms with E-state index < -0.39 is 11.0 Å². The van der Waals surface area contributed by atoms with Crippen molar-refractivity contribution in [1.29, 1.82) is 0 Å². The molecule has 0 unspecified atom stereocenters. The molecule has 0 heterocycles. The normalized spacial score (nSPS) is 11.8. The van der Waals surface area contributed by atoms with Crippen LogP contribution >= 0.6 is 15.9 Å². The van der Waals surface area contributed by atoms with Gasteiger partial charge in [-0.15, -0.1) is 0 Å². The molecule has 0 saturated carbocycles. The van der Waals surface area contributed by atoms with Crippen LogP contribution in [0.4, 0.5) is 16.2 Å². The maximum absolute atomic E-state index is 11.7. The van der Waals surface area contributed by atoms with Crippen LogP contribution in [0.5, 0.6) is 0 Å². The van der Waals surface area contributed by atoms with E-state index in [0.717, 1.165) is 0 Å². The lowest BCUT2D eigenvalue weighted by Crippen LogP contribution is -2.38. The third-order valence-corrected chi connectivity index (χ3v) is 3.18. The van der Waals surface area contributed by atoms with Crippen molar-refractivity contribution in [2.45, 2.75) is 19.9 Å². The number of urea groups is 1. The Kier molecular flexibility index (Phi) is 5.90. The first-order chi connectivity index (χ1) is 9.35. The molecular weight excluding hydrogens is 330 g/mol. The standard InChI is InChI=1S/C12H16BrN3O4/c1-7-4-9(13)10(5-11(7)16(18)19)15-12(17)14-8(2)6-20-3/h4-5,8H,6H2,1-3H3,(H2,14,15,17)/t8-/m0/s1. The van der Waals surface area contributed by atoms with Crippen molar-refractivity contribution in [3.8, 4) is 0 Å². The van der Waals surface area contributed by atoms with Crippen molar-refractivity contribution in [2.75, 3.05) is 19.0 Å². The van der Waals surface area contributed by atoms with Crippen molar-refractivity contribution in [2.24, 2.45) is 0 Å². The second-order valence-corrected chi connectivity index (χ2v) is 5.18. The second-order valence-electron chi connectivity index (χ2n) is 4.33. The van der Waals surface area contributed by atoms with Gasteiger partial charge in [-0.3, -0.25) is 10.1 Å². The lowest BCUT2D eigenvalue weighted by atomic mass is 10.2. The summed E-state index contributed by atoms with van der Waals surface area (Å²) in [6.45, 7) is 3.80. The van der Waals surface area contributed by atoms with Gasteiger partial charge in [0, 0.05) is 23.2 Å². The zero-order valence-electron chi connectivity index (χ0n) is 11.4. The molecule has 1 atom stereocenters. The van der Waals surface area contributed by atoms with Gasteiger partial charge in [0.1, 0.15) is 0 Å².